The summed E-state index contributed by atoms with van der Waals surface area (Å²) in [6.45, 7) is 2.34. The van der Waals surface area contributed by atoms with E-state index in [1.54, 1.807) is 0 Å². The molecule has 2 aromatic rings. The number of halogens is 11. The van der Waals surface area contributed by atoms with Gasteiger partial charge in [0.1, 0.15) is 16.3 Å². The highest BCUT2D eigenvalue weighted by Crippen LogP contribution is 2.54. The molecule has 0 aromatic carbocycles. The van der Waals surface area contributed by atoms with E-state index in [4.69, 9.17) is 4.74 Å². The molecule has 0 aliphatic carbocycles. The minimum atomic E-state index is -6.74. The van der Waals surface area contributed by atoms with Gasteiger partial charge in [-0.3, -0.25) is 0 Å². The van der Waals surface area contributed by atoms with Crippen LogP contribution in [-0.4, -0.2) is 58.5 Å². The monoisotopic (exact) mass is 577 g/mol. The van der Waals surface area contributed by atoms with Crippen molar-refractivity contribution in [2.24, 2.45) is 7.05 Å². The summed E-state index contributed by atoms with van der Waals surface area (Å²) < 4.78 is 176. The van der Waals surface area contributed by atoms with Crippen LogP contribution in [0.2, 0.25) is 0 Å². The van der Waals surface area contributed by atoms with Gasteiger partial charge >= 0.3 is 24.2 Å². The fourth-order valence-corrected chi connectivity index (χ4v) is 3.97. The molecular weight excluding hydrogens is 559 g/mol. The molecule has 210 valence electrons. The van der Waals surface area contributed by atoms with Crippen LogP contribution in [0.15, 0.2) is 23.4 Å². The van der Waals surface area contributed by atoms with Gasteiger partial charge in [0.15, 0.2) is 27.4 Å². The Morgan fingerprint density at radius 2 is 1.43 bits per heavy atom. The van der Waals surface area contributed by atoms with Crippen LogP contribution in [-0.2, 0) is 16.9 Å². The number of hydrogen-bond donors (Lipinski definition) is 0. The zero-order valence-electron chi connectivity index (χ0n) is 19.1. The lowest BCUT2D eigenvalue weighted by atomic mass is 9.96. The molecule has 0 aliphatic rings. The van der Waals surface area contributed by atoms with E-state index in [1.165, 1.54) is 0 Å². The Balaban J connectivity index is 2.72. The molecule has 0 unspecified atom stereocenters. The van der Waals surface area contributed by atoms with E-state index < -0.39 is 79.4 Å². The van der Waals surface area contributed by atoms with Crippen LogP contribution in [0.1, 0.15) is 32.6 Å². The van der Waals surface area contributed by atoms with Crippen LogP contribution in [0, 0.1) is 0 Å². The van der Waals surface area contributed by atoms with Gasteiger partial charge in [0.2, 0.25) is 0 Å². The number of aromatic nitrogens is 3. The zero-order chi connectivity index (χ0) is 29.0. The standard InChI is InChI=1S/C19H18F11N3O3S/c1-5-37(34,35)11-6-9(36-15(2,3)17(22,23)24)7-31-12(11)14-32-8-10(33(14)4)13(20)16(21,18(25,26)27)19(28,29)30/h6-8,13H,5H2,1-4H3/t13-/m0/s1. The molecule has 0 spiro atoms. The quantitative estimate of drug-likeness (QED) is 0.387. The van der Waals surface area contributed by atoms with Crippen molar-refractivity contribution in [1.29, 1.82) is 0 Å². The maximum atomic E-state index is 14.6. The fraction of sp³-hybridized carbons (Fsp3) is 0.579. The van der Waals surface area contributed by atoms with E-state index in [0.29, 0.717) is 33.2 Å². The first-order valence-corrected chi connectivity index (χ1v) is 11.5. The smallest absolute Gasteiger partial charge is 0.434 e. The topological polar surface area (TPSA) is 74.1 Å². The van der Waals surface area contributed by atoms with Crippen LogP contribution in [0.5, 0.6) is 5.75 Å². The highest BCUT2D eigenvalue weighted by Gasteiger charge is 2.77. The van der Waals surface area contributed by atoms with Gasteiger partial charge in [-0.15, -0.1) is 0 Å². The molecule has 37 heavy (non-hydrogen) atoms. The second-order valence-electron chi connectivity index (χ2n) is 8.17. The molecule has 0 fully saturated rings. The van der Waals surface area contributed by atoms with Crippen LogP contribution < -0.4 is 4.74 Å². The van der Waals surface area contributed by atoms with E-state index in [1.807, 2.05) is 0 Å². The first-order valence-electron chi connectivity index (χ1n) is 9.89. The first kappa shape index (κ1) is 30.6. The Hall–Kier alpha value is -2.66. The minimum absolute atomic E-state index is 0.118. The van der Waals surface area contributed by atoms with Crippen LogP contribution in [0.4, 0.5) is 48.3 Å². The maximum absolute atomic E-state index is 14.6. The molecule has 0 radical (unpaired) electrons. The third kappa shape index (κ3) is 5.34. The van der Waals surface area contributed by atoms with Gasteiger partial charge in [-0.25, -0.2) is 27.2 Å². The number of hydrogen-bond acceptors (Lipinski definition) is 5. The summed E-state index contributed by atoms with van der Waals surface area (Å²) in [4.78, 5) is 6.14. The lowest BCUT2D eigenvalue weighted by Crippen LogP contribution is -2.56. The van der Waals surface area contributed by atoms with Crippen molar-refractivity contribution < 1.29 is 61.4 Å². The van der Waals surface area contributed by atoms with Crippen molar-refractivity contribution in [2.45, 2.75) is 61.6 Å². The second-order valence-corrected chi connectivity index (χ2v) is 10.4. The number of nitrogens with zero attached hydrogens (tertiary/aromatic N) is 3. The zero-order valence-corrected chi connectivity index (χ0v) is 20.0. The summed E-state index contributed by atoms with van der Waals surface area (Å²) in [5, 5.41) is 0. The summed E-state index contributed by atoms with van der Waals surface area (Å²) in [6.07, 6.45) is -22.1. The predicted molar refractivity (Wildman–Crippen MR) is 105 cm³/mol. The Labute approximate surface area is 202 Å². The molecule has 0 saturated heterocycles. The molecular formula is C19H18F11N3O3S. The lowest BCUT2D eigenvalue weighted by Gasteiger charge is -2.32. The third-order valence-electron chi connectivity index (χ3n) is 5.27. The van der Waals surface area contributed by atoms with Gasteiger partial charge in [-0.1, -0.05) is 6.92 Å². The average molecular weight is 577 g/mol. The molecule has 1 atom stereocenters. The number of alkyl halides is 11. The van der Waals surface area contributed by atoms with E-state index in [0.717, 1.165) is 6.92 Å². The molecule has 18 heteroatoms. The van der Waals surface area contributed by atoms with Gasteiger partial charge in [-0.2, -0.15) is 39.5 Å². The predicted octanol–water partition coefficient (Wildman–Crippen LogP) is 5.84. The molecule has 6 nitrogen and oxygen atoms in total. The SMILES string of the molecule is CCS(=O)(=O)c1cc(OC(C)(C)C(F)(F)F)cnc1-c1ncc([C@H](F)C(F)(C(F)(F)F)C(F)(F)F)n1C. The normalized spacial score (nSPS) is 15.1. The van der Waals surface area contributed by atoms with E-state index in [-0.39, 0.29) is 10.8 Å². The Morgan fingerprint density at radius 1 is 0.919 bits per heavy atom. The second kappa shape index (κ2) is 9.27. The van der Waals surface area contributed by atoms with Crippen molar-refractivity contribution in [3.8, 4) is 17.3 Å². The molecule has 2 aromatic heterocycles. The maximum Gasteiger partial charge on any atom is 0.434 e. The van der Waals surface area contributed by atoms with E-state index in [9.17, 15) is 56.7 Å². The Morgan fingerprint density at radius 3 is 1.86 bits per heavy atom. The molecule has 0 N–H and O–H groups in total. The van der Waals surface area contributed by atoms with Gasteiger partial charge in [0, 0.05) is 13.1 Å². The number of imidazole rings is 1. The van der Waals surface area contributed by atoms with Crippen LogP contribution >= 0.6 is 0 Å². The van der Waals surface area contributed by atoms with E-state index in [2.05, 4.69) is 9.97 Å². The average Bonchev–Trinajstić information content (AvgIpc) is 3.10. The third-order valence-corrected chi connectivity index (χ3v) is 7.01. The van der Waals surface area contributed by atoms with Gasteiger partial charge in [0.25, 0.3) is 0 Å². The molecule has 0 amide bonds. The van der Waals surface area contributed by atoms with Crippen LogP contribution in [0.25, 0.3) is 11.5 Å². The van der Waals surface area contributed by atoms with Gasteiger partial charge in [-0.05, 0) is 13.8 Å². The summed E-state index contributed by atoms with van der Waals surface area (Å²) in [5.41, 5.74) is -11.5. The highest BCUT2D eigenvalue weighted by molar-refractivity contribution is 7.91. The van der Waals surface area contributed by atoms with Crippen molar-refractivity contribution >= 4 is 9.84 Å². The Kier molecular flexibility index (Phi) is 7.66. The largest absolute Gasteiger partial charge is 0.477 e. The van der Waals surface area contributed by atoms with Crippen molar-refractivity contribution in [1.82, 2.24) is 14.5 Å². The summed E-state index contributed by atoms with van der Waals surface area (Å²) in [6, 6.07) is 0.584. The molecule has 0 aliphatic heterocycles. The van der Waals surface area contributed by atoms with Gasteiger partial charge in [0.05, 0.1) is 23.8 Å². The molecule has 0 bridgehead atoms. The highest BCUT2D eigenvalue weighted by atomic mass is 32.2. The molecule has 2 rings (SSSR count). The number of rotatable bonds is 7. The van der Waals surface area contributed by atoms with E-state index >= 15 is 0 Å². The molecule has 0 saturated carbocycles. The Bertz CT molecular complexity index is 1230. The minimum Gasteiger partial charge on any atom is -0.477 e. The summed E-state index contributed by atoms with van der Waals surface area (Å²) in [5.74, 6) is -2.22. The first-order chi connectivity index (χ1) is 16.4. The van der Waals surface area contributed by atoms with Crippen molar-refractivity contribution in [3.05, 3.63) is 24.2 Å². The van der Waals surface area contributed by atoms with Crippen molar-refractivity contribution in [3.63, 3.8) is 0 Å². The van der Waals surface area contributed by atoms with Crippen molar-refractivity contribution in [2.75, 3.05) is 5.75 Å². The lowest BCUT2D eigenvalue weighted by molar-refractivity contribution is -0.359. The molecule has 2 heterocycles. The summed E-state index contributed by atoms with van der Waals surface area (Å²) in [7, 11) is -3.73. The number of pyridine rings is 1. The number of sulfone groups is 1. The summed E-state index contributed by atoms with van der Waals surface area (Å²) >= 11 is 0. The fourth-order valence-electron chi connectivity index (χ4n) is 2.93. The van der Waals surface area contributed by atoms with Crippen LogP contribution in [0.3, 0.4) is 0 Å². The number of ether oxygens (including phenoxy) is 1. The van der Waals surface area contributed by atoms with Gasteiger partial charge < -0.3 is 9.30 Å².